The van der Waals surface area contributed by atoms with Crippen LogP contribution >= 0.6 is 0 Å². The third-order valence-electron chi connectivity index (χ3n) is 2.80. The zero-order valence-electron chi connectivity index (χ0n) is 5.94. The molecule has 58 valence electrons. The van der Waals surface area contributed by atoms with Gasteiger partial charge in [0, 0.05) is 26.4 Å². The molecule has 10 heavy (non-hydrogen) atoms. The molecular formula is C8H14FN. The molecule has 2 aliphatic rings. The summed E-state index contributed by atoms with van der Waals surface area (Å²) in [6, 6.07) is 0.424. The van der Waals surface area contributed by atoms with Crippen LogP contribution in [0.5, 0.6) is 0 Å². The number of piperidine rings is 1. The molecule has 1 aliphatic heterocycles. The van der Waals surface area contributed by atoms with Gasteiger partial charge in [0.1, 0.15) is 5.67 Å². The summed E-state index contributed by atoms with van der Waals surface area (Å²) in [4.78, 5) is 0. The third kappa shape index (κ3) is 0.655. The molecule has 0 aromatic rings. The van der Waals surface area contributed by atoms with Crippen LogP contribution in [0.15, 0.2) is 12.7 Å². The Morgan fingerprint density at radius 3 is 2.90 bits per heavy atom. The van der Waals surface area contributed by atoms with Crippen LogP contribution in [0.4, 0.5) is 4.39 Å². The maximum Gasteiger partial charge on any atom is 0.134 e. The van der Waals surface area contributed by atoms with E-state index in [2.05, 4.69) is 11.9 Å². The van der Waals surface area contributed by atoms with E-state index in [9.17, 15) is 4.39 Å². The van der Waals surface area contributed by atoms with Crippen molar-refractivity contribution in [2.75, 3.05) is 6.54 Å². The Morgan fingerprint density at radius 2 is 2.60 bits per heavy atom. The van der Waals surface area contributed by atoms with Gasteiger partial charge in [-0.1, -0.05) is 12.7 Å². The van der Waals surface area contributed by atoms with Crippen LogP contribution < -0.4 is 5.32 Å². The second-order valence-corrected chi connectivity index (χ2v) is 3.37. The maximum absolute atomic E-state index is 13.6. The first-order valence-electron chi connectivity index (χ1n) is 3.80. The molecular weight excluding hydrogens is 129 g/mol. The Labute approximate surface area is 61.8 Å². The Bertz CT molecular complexity index is 173. The van der Waals surface area contributed by atoms with Crippen molar-refractivity contribution in [3.05, 3.63) is 12.7 Å². The predicted octanol–water partition coefficient (Wildman–Crippen LogP) is 1.51. The highest BCUT2D eigenvalue weighted by Gasteiger charge is 2.49. The van der Waals surface area contributed by atoms with Gasteiger partial charge < -0.3 is 5.32 Å². The lowest BCUT2D eigenvalue weighted by molar-refractivity contribution is 0.152. The minimum absolute atomic E-state index is 0. The molecule has 1 nitrogen and oxygen atoms in total. The highest BCUT2D eigenvalue weighted by molar-refractivity contribution is 5.13. The maximum atomic E-state index is 13.6. The van der Waals surface area contributed by atoms with Crippen molar-refractivity contribution in [1.29, 1.82) is 0 Å². The molecule has 2 heteroatoms. The smallest absolute Gasteiger partial charge is 0.134 e. The van der Waals surface area contributed by atoms with Gasteiger partial charge in [-0.05, 0) is 6.42 Å². The van der Waals surface area contributed by atoms with E-state index in [1.54, 1.807) is 0 Å². The lowest BCUT2D eigenvalue weighted by Crippen LogP contribution is -2.38. The normalized spacial score (nSPS) is 51.7. The standard InChI is InChI=1S/C8H12FN.H2/c1-2-8(9)4-7-3-6(8)5-10-7;/h2,6-7,10H,1,3-5H2;1H. The number of halogens is 1. The van der Waals surface area contributed by atoms with E-state index in [1.807, 2.05) is 0 Å². The quantitative estimate of drug-likeness (QED) is 0.549. The summed E-state index contributed by atoms with van der Waals surface area (Å²) in [6.45, 7) is 4.37. The summed E-state index contributed by atoms with van der Waals surface area (Å²) >= 11 is 0. The van der Waals surface area contributed by atoms with Crippen molar-refractivity contribution in [2.45, 2.75) is 24.6 Å². The van der Waals surface area contributed by atoms with Crippen LogP contribution in [0, 0.1) is 5.92 Å². The van der Waals surface area contributed by atoms with E-state index in [0.717, 1.165) is 13.0 Å². The van der Waals surface area contributed by atoms with E-state index in [-0.39, 0.29) is 7.34 Å². The van der Waals surface area contributed by atoms with E-state index in [1.165, 1.54) is 6.08 Å². The number of nitrogens with one attached hydrogen (secondary N) is 1. The second kappa shape index (κ2) is 1.82. The zero-order chi connectivity index (χ0) is 7.19. The average molecular weight is 143 g/mol. The van der Waals surface area contributed by atoms with Crippen LogP contribution in [0.25, 0.3) is 0 Å². The number of allylic oxidation sites excluding steroid dienone is 1. The molecule has 1 heterocycles. The summed E-state index contributed by atoms with van der Waals surface area (Å²) in [5.41, 5.74) is -1.05. The van der Waals surface area contributed by atoms with Gasteiger partial charge in [0.25, 0.3) is 0 Å². The van der Waals surface area contributed by atoms with Crippen LogP contribution in [0.1, 0.15) is 14.3 Å². The fraction of sp³-hybridized carbons (Fsp3) is 0.750. The van der Waals surface area contributed by atoms with Gasteiger partial charge in [0.15, 0.2) is 0 Å². The first kappa shape index (κ1) is 6.35. The molecule has 2 rings (SSSR count). The topological polar surface area (TPSA) is 12.0 Å². The van der Waals surface area contributed by atoms with Gasteiger partial charge in [-0.2, -0.15) is 0 Å². The second-order valence-electron chi connectivity index (χ2n) is 3.37. The molecule has 2 fully saturated rings. The van der Waals surface area contributed by atoms with Gasteiger partial charge in [-0.25, -0.2) is 4.39 Å². The van der Waals surface area contributed by atoms with Crippen molar-refractivity contribution < 1.29 is 5.82 Å². The predicted molar refractivity (Wildman–Crippen MR) is 40.7 cm³/mol. The molecule has 0 aromatic carbocycles. The molecule has 1 saturated carbocycles. The van der Waals surface area contributed by atoms with Crippen molar-refractivity contribution in [3.63, 3.8) is 0 Å². The molecule has 1 saturated heterocycles. The molecule has 1 aliphatic carbocycles. The van der Waals surface area contributed by atoms with Gasteiger partial charge >= 0.3 is 0 Å². The molecule has 2 bridgehead atoms. The molecule has 3 unspecified atom stereocenters. The molecule has 0 spiro atoms. The number of fused-ring (bicyclic) bond motifs is 2. The Morgan fingerprint density at radius 1 is 1.80 bits per heavy atom. The van der Waals surface area contributed by atoms with E-state index in [4.69, 9.17) is 0 Å². The minimum Gasteiger partial charge on any atom is -0.313 e. The minimum atomic E-state index is -1.05. The zero-order valence-corrected chi connectivity index (χ0v) is 5.94. The summed E-state index contributed by atoms with van der Waals surface area (Å²) in [5.74, 6) is 0.204. The van der Waals surface area contributed by atoms with Gasteiger partial charge in [0.2, 0.25) is 0 Å². The number of hydrogen-bond acceptors (Lipinski definition) is 1. The van der Waals surface area contributed by atoms with Crippen molar-refractivity contribution >= 4 is 0 Å². The molecule has 3 atom stereocenters. The van der Waals surface area contributed by atoms with Crippen molar-refractivity contribution in [1.82, 2.24) is 5.32 Å². The largest absolute Gasteiger partial charge is 0.313 e. The highest BCUT2D eigenvalue weighted by atomic mass is 19.1. The first-order chi connectivity index (χ1) is 4.74. The number of alkyl halides is 1. The number of hydrogen-bond donors (Lipinski definition) is 1. The van der Waals surface area contributed by atoms with Gasteiger partial charge in [-0.3, -0.25) is 0 Å². The highest BCUT2D eigenvalue weighted by Crippen LogP contribution is 2.43. The first-order valence-corrected chi connectivity index (χ1v) is 3.80. The molecule has 0 amide bonds. The fourth-order valence-electron chi connectivity index (χ4n) is 2.13. The number of rotatable bonds is 1. The Kier molecular flexibility index (Phi) is 1.15. The fourth-order valence-corrected chi connectivity index (χ4v) is 2.13. The van der Waals surface area contributed by atoms with E-state index in [0.29, 0.717) is 12.5 Å². The lowest BCUT2D eigenvalue weighted by atomic mass is 9.92. The summed E-state index contributed by atoms with van der Waals surface area (Å²) in [6.07, 6.45) is 3.13. The van der Waals surface area contributed by atoms with E-state index < -0.39 is 5.67 Å². The lowest BCUT2D eigenvalue weighted by Gasteiger charge is -2.26. The van der Waals surface area contributed by atoms with Crippen molar-refractivity contribution in [2.24, 2.45) is 5.92 Å². The summed E-state index contributed by atoms with van der Waals surface area (Å²) in [7, 11) is 0. The van der Waals surface area contributed by atoms with Crippen LogP contribution in [-0.4, -0.2) is 18.3 Å². The average Bonchev–Trinajstić information content (AvgIpc) is 2.46. The Balaban J connectivity index is 0.000000605. The molecule has 1 N–H and O–H groups in total. The third-order valence-corrected chi connectivity index (χ3v) is 2.80. The van der Waals surface area contributed by atoms with Crippen LogP contribution in [0.3, 0.4) is 0 Å². The Hall–Kier alpha value is -0.370. The van der Waals surface area contributed by atoms with Gasteiger partial charge in [0.05, 0.1) is 0 Å². The van der Waals surface area contributed by atoms with Crippen LogP contribution in [-0.2, 0) is 0 Å². The van der Waals surface area contributed by atoms with Crippen LogP contribution in [0.2, 0.25) is 0 Å². The van der Waals surface area contributed by atoms with Crippen molar-refractivity contribution in [3.8, 4) is 0 Å². The SMILES string of the molecule is C=CC1(F)CC2CC1CN2.[HH]. The summed E-state index contributed by atoms with van der Waals surface area (Å²) in [5, 5.41) is 3.26. The molecule has 0 radical (unpaired) electrons. The summed E-state index contributed by atoms with van der Waals surface area (Å²) < 4.78 is 13.6. The monoisotopic (exact) mass is 143 g/mol. The molecule has 0 aromatic heterocycles. The van der Waals surface area contributed by atoms with Gasteiger partial charge in [-0.15, -0.1) is 0 Å². The van der Waals surface area contributed by atoms with E-state index >= 15 is 0 Å².